The molecule has 1 unspecified atom stereocenters. The van der Waals surface area contributed by atoms with Gasteiger partial charge in [-0.25, -0.2) is 0 Å². The number of anilines is 1. The number of fused-ring (bicyclic) bond motifs is 1. The van der Waals surface area contributed by atoms with Gasteiger partial charge in [0.05, 0.1) is 10.8 Å². The van der Waals surface area contributed by atoms with Crippen molar-refractivity contribution in [3.05, 3.63) is 53.6 Å². The van der Waals surface area contributed by atoms with E-state index < -0.39 is 11.7 Å². The van der Waals surface area contributed by atoms with Crippen LogP contribution in [0.3, 0.4) is 0 Å². The average molecular weight is 506 g/mol. The van der Waals surface area contributed by atoms with Crippen LogP contribution in [0.5, 0.6) is 5.75 Å². The van der Waals surface area contributed by atoms with Crippen molar-refractivity contribution >= 4 is 23.4 Å². The number of benzene rings is 2. The van der Waals surface area contributed by atoms with E-state index >= 15 is 0 Å². The van der Waals surface area contributed by atoms with Crippen molar-refractivity contribution in [2.45, 2.75) is 60.6 Å². The molecule has 2 aromatic rings. The van der Waals surface area contributed by atoms with Crippen LogP contribution in [-0.4, -0.2) is 49.5 Å². The van der Waals surface area contributed by atoms with Gasteiger partial charge in [0.15, 0.2) is 0 Å². The Bertz CT molecular complexity index is 1030. The zero-order valence-corrected chi connectivity index (χ0v) is 20.3. The summed E-state index contributed by atoms with van der Waals surface area (Å²) < 4.78 is 44.7. The highest BCUT2D eigenvalue weighted by Gasteiger charge is 2.32. The molecule has 2 fully saturated rings. The largest absolute Gasteiger partial charge is 0.490 e. The van der Waals surface area contributed by atoms with Crippen molar-refractivity contribution in [1.82, 2.24) is 10.6 Å². The van der Waals surface area contributed by atoms with Crippen LogP contribution < -0.4 is 20.3 Å². The van der Waals surface area contributed by atoms with Crippen LogP contribution in [0.4, 0.5) is 18.9 Å². The van der Waals surface area contributed by atoms with Crippen molar-refractivity contribution in [3.8, 4) is 5.75 Å². The van der Waals surface area contributed by atoms with Crippen LogP contribution in [-0.2, 0) is 17.4 Å². The second-order valence-corrected chi connectivity index (χ2v) is 10.7. The van der Waals surface area contributed by atoms with E-state index in [0.29, 0.717) is 6.42 Å². The van der Waals surface area contributed by atoms with E-state index in [-0.39, 0.29) is 23.3 Å². The lowest BCUT2D eigenvalue weighted by Crippen LogP contribution is -2.45. The van der Waals surface area contributed by atoms with Gasteiger partial charge in [-0.15, -0.1) is 11.8 Å². The summed E-state index contributed by atoms with van der Waals surface area (Å²) in [4.78, 5) is 16.0. The van der Waals surface area contributed by atoms with Crippen molar-refractivity contribution in [3.63, 3.8) is 0 Å². The fourth-order valence-corrected chi connectivity index (χ4v) is 6.18. The molecule has 9 heteroatoms. The number of nitrogens with zero attached hydrogens (tertiary/aromatic N) is 1. The minimum absolute atomic E-state index is 0.0619. The Morgan fingerprint density at radius 2 is 1.74 bits per heavy atom. The molecule has 0 radical (unpaired) electrons. The molecule has 2 saturated heterocycles. The maximum absolute atomic E-state index is 12.8. The van der Waals surface area contributed by atoms with Crippen molar-refractivity contribution < 1.29 is 22.7 Å². The molecule has 5 rings (SSSR count). The first kappa shape index (κ1) is 24.3. The van der Waals surface area contributed by atoms with Crippen molar-refractivity contribution in [1.29, 1.82) is 0 Å². The Hall–Kier alpha value is -2.39. The maximum atomic E-state index is 12.8. The molecular formula is C26H30F3N3O2S. The quantitative estimate of drug-likeness (QED) is 0.620. The minimum Gasteiger partial charge on any atom is -0.490 e. The third kappa shape index (κ3) is 5.89. The number of carbonyl (C=O) groups is 1. The van der Waals surface area contributed by atoms with E-state index in [1.807, 2.05) is 12.1 Å². The van der Waals surface area contributed by atoms with Crippen molar-refractivity contribution in [2.24, 2.45) is 0 Å². The molecule has 0 saturated carbocycles. The lowest BCUT2D eigenvalue weighted by molar-refractivity contribution is -0.137. The molecule has 35 heavy (non-hydrogen) atoms. The number of carbonyl (C=O) groups excluding carboxylic acids is 1. The van der Waals surface area contributed by atoms with Gasteiger partial charge in [-0.05, 0) is 80.4 Å². The molecule has 0 aliphatic carbocycles. The van der Waals surface area contributed by atoms with Crippen molar-refractivity contribution in [2.75, 3.05) is 31.1 Å². The first-order chi connectivity index (χ1) is 16.8. The minimum atomic E-state index is -4.31. The van der Waals surface area contributed by atoms with Gasteiger partial charge in [-0.3, -0.25) is 4.79 Å². The number of rotatable bonds is 5. The summed E-state index contributed by atoms with van der Waals surface area (Å²) in [5.41, 5.74) is 1.33. The number of thioether (sulfide) groups is 1. The molecule has 3 heterocycles. The average Bonchev–Trinajstić information content (AvgIpc) is 3.29. The molecule has 3 aliphatic rings. The zero-order valence-electron chi connectivity index (χ0n) is 19.4. The Balaban J connectivity index is 1.12. The van der Waals surface area contributed by atoms with Crippen LogP contribution in [0, 0.1) is 0 Å². The summed E-state index contributed by atoms with van der Waals surface area (Å²) in [6, 6.07) is 11.7. The highest BCUT2D eigenvalue weighted by Crippen LogP contribution is 2.39. The molecule has 0 spiro atoms. The van der Waals surface area contributed by atoms with Crippen LogP contribution >= 0.6 is 11.8 Å². The highest BCUT2D eigenvalue weighted by atomic mass is 32.2. The van der Waals surface area contributed by atoms with Gasteiger partial charge in [-0.1, -0.05) is 0 Å². The first-order valence-electron chi connectivity index (χ1n) is 12.2. The Labute approximate surface area is 207 Å². The molecule has 2 N–H and O–H groups in total. The number of hydrogen-bond donors (Lipinski definition) is 2. The number of halogens is 3. The van der Waals surface area contributed by atoms with E-state index in [4.69, 9.17) is 4.74 Å². The van der Waals surface area contributed by atoms with Gasteiger partial charge in [0, 0.05) is 42.6 Å². The van der Waals surface area contributed by atoms with Gasteiger partial charge >= 0.3 is 6.18 Å². The van der Waals surface area contributed by atoms with Gasteiger partial charge in [0.2, 0.25) is 5.91 Å². The molecule has 1 amide bonds. The molecule has 3 aliphatic heterocycles. The Morgan fingerprint density at radius 1 is 1.03 bits per heavy atom. The predicted molar refractivity (Wildman–Crippen MR) is 131 cm³/mol. The molecule has 188 valence electrons. The fraction of sp³-hybridized carbons (Fsp3) is 0.500. The zero-order chi connectivity index (χ0) is 24.4. The molecule has 1 atom stereocenters. The van der Waals surface area contributed by atoms with Crippen LogP contribution in [0.1, 0.15) is 36.8 Å². The van der Waals surface area contributed by atoms with E-state index in [2.05, 4.69) is 21.6 Å². The summed E-state index contributed by atoms with van der Waals surface area (Å²) in [5.74, 6) is 0.938. The van der Waals surface area contributed by atoms with E-state index in [9.17, 15) is 18.0 Å². The summed E-state index contributed by atoms with van der Waals surface area (Å²) >= 11 is 1.63. The monoisotopic (exact) mass is 505 g/mol. The third-order valence-electron chi connectivity index (χ3n) is 6.99. The summed E-state index contributed by atoms with van der Waals surface area (Å²) in [6.07, 6.45) is 0.0110. The van der Waals surface area contributed by atoms with E-state index in [0.717, 1.165) is 85.9 Å². The van der Waals surface area contributed by atoms with Crippen LogP contribution in [0.25, 0.3) is 0 Å². The molecule has 5 nitrogen and oxygen atoms in total. The third-order valence-corrected chi connectivity index (χ3v) is 8.31. The number of hydrogen-bond acceptors (Lipinski definition) is 5. The summed E-state index contributed by atoms with van der Waals surface area (Å²) in [5, 5.41) is 6.44. The standard InChI is InChI=1S/C26H30F3N3O2S/c27-26(28,29)18-1-3-20(4-2-18)32-13-9-21(10-14-32)34-22-5-6-23-17(15-22)16-24(35-23)25(33)31-19-7-11-30-12-8-19/h1-6,15,19,21,24,30H,7-14,16H2,(H,31,33). The summed E-state index contributed by atoms with van der Waals surface area (Å²) in [6.45, 7) is 3.37. The lowest BCUT2D eigenvalue weighted by Gasteiger charge is -2.34. The number of piperidine rings is 2. The van der Waals surface area contributed by atoms with E-state index in [1.54, 1.807) is 23.9 Å². The van der Waals surface area contributed by atoms with Gasteiger partial charge < -0.3 is 20.3 Å². The maximum Gasteiger partial charge on any atom is 0.416 e. The van der Waals surface area contributed by atoms with Gasteiger partial charge in [0.25, 0.3) is 0 Å². The number of alkyl halides is 3. The van der Waals surface area contributed by atoms with Crippen LogP contribution in [0.2, 0.25) is 0 Å². The summed E-state index contributed by atoms with van der Waals surface area (Å²) in [7, 11) is 0. The SMILES string of the molecule is O=C(NC1CCNCC1)C1Cc2cc(OC3CCN(c4ccc(C(F)(F)F)cc4)CC3)ccc2S1. The second-order valence-electron chi connectivity index (χ2n) is 9.46. The molecular weight excluding hydrogens is 475 g/mol. The molecule has 0 aromatic heterocycles. The highest BCUT2D eigenvalue weighted by molar-refractivity contribution is 8.01. The normalized spacial score (nSPS) is 21.6. The fourth-order valence-electron chi connectivity index (χ4n) is 4.99. The number of ether oxygens (including phenoxy) is 1. The Morgan fingerprint density at radius 3 is 2.43 bits per heavy atom. The second kappa shape index (κ2) is 10.3. The lowest BCUT2D eigenvalue weighted by atomic mass is 10.0. The molecule has 2 aromatic carbocycles. The van der Waals surface area contributed by atoms with E-state index in [1.165, 1.54) is 0 Å². The topological polar surface area (TPSA) is 53.6 Å². The number of amides is 1. The van der Waals surface area contributed by atoms with Gasteiger partial charge in [0.1, 0.15) is 11.9 Å². The first-order valence-corrected chi connectivity index (χ1v) is 13.1. The Kier molecular flexibility index (Phi) is 7.16. The predicted octanol–water partition coefficient (Wildman–Crippen LogP) is 4.64. The molecule has 0 bridgehead atoms. The van der Waals surface area contributed by atoms with Crippen LogP contribution in [0.15, 0.2) is 47.4 Å². The number of nitrogens with one attached hydrogen (secondary N) is 2. The smallest absolute Gasteiger partial charge is 0.416 e. The van der Waals surface area contributed by atoms with Gasteiger partial charge in [-0.2, -0.15) is 13.2 Å².